The van der Waals surface area contributed by atoms with Crippen molar-refractivity contribution in [2.75, 3.05) is 26.0 Å². The van der Waals surface area contributed by atoms with Gasteiger partial charge in [0.1, 0.15) is 0 Å². The molecule has 0 spiro atoms. The second-order valence-corrected chi connectivity index (χ2v) is 5.40. The third-order valence-corrected chi connectivity index (χ3v) is 3.37. The minimum atomic E-state index is -0.109. The molecule has 5 heteroatoms. The highest BCUT2D eigenvalue weighted by Crippen LogP contribution is 2.13. The van der Waals surface area contributed by atoms with Crippen LogP contribution in [0.5, 0.6) is 0 Å². The van der Waals surface area contributed by atoms with Crippen LogP contribution in [0.25, 0.3) is 0 Å². The Morgan fingerprint density at radius 1 is 1.09 bits per heavy atom. The topological polar surface area (TPSA) is 48.5 Å². The van der Waals surface area contributed by atoms with Crippen molar-refractivity contribution in [1.29, 1.82) is 0 Å². The van der Waals surface area contributed by atoms with Crippen molar-refractivity contribution in [2.45, 2.75) is 13.1 Å². The Hall–Kier alpha value is -2.56. The fraction of sp³-hybridized carbons (Fsp3) is 0.294. The molecule has 2 rings (SSSR count). The number of benzene rings is 1. The minimum Gasteiger partial charge on any atom is -0.378 e. The Balaban J connectivity index is 1.85. The number of nitrogens with one attached hydrogen (secondary N) is 1. The molecule has 5 nitrogen and oxygen atoms in total. The molecule has 22 heavy (non-hydrogen) atoms. The quantitative estimate of drug-likeness (QED) is 0.922. The Labute approximate surface area is 131 Å². The molecule has 0 aliphatic carbocycles. The van der Waals surface area contributed by atoms with E-state index in [1.807, 2.05) is 49.3 Å². The van der Waals surface area contributed by atoms with Gasteiger partial charge in [-0.25, -0.2) is 4.79 Å². The number of hydrogen-bond donors (Lipinski definition) is 1. The first-order chi connectivity index (χ1) is 10.6. The number of rotatable bonds is 5. The zero-order valence-electron chi connectivity index (χ0n) is 13.3. The molecule has 0 aliphatic rings. The zero-order valence-corrected chi connectivity index (χ0v) is 13.3. The van der Waals surface area contributed by atoms with Gasteiger partial charge in [-0.2, -0.15) is 0 Å². The lowest BCUT2D eigenvalue weighted by Crippen LogP contribution is -2.36. The third kappa shape index (κ3) is 4.48. The first-order valence-electron chi connectivity index (χ1n) is 7.21. The summed E-state index contributed by atoms with van der Waals surface area (Å²) in [7, 11) is 5.80. The number of anilines is 1. The molecule has 116 valence electrons. The second-order valence-electron chi connectivity index (χ2n) is 5.40. The normalized spacial score (nSPS) is 10.1. The molecule has 0 bridgehead atoms. The van der Waals surface area contributed by atoms with Crippen LogP contribution in [0.15, 0.2) is 48.7 Å². The highest BCUT2D eigenvalue weighted by molar-refractivity contribution is 5.73. The van der Waals surface area contributed by atoms with E-state index < -0.39 is 0 Å². The van der Waals surface area contributed by atoms with Gasteiger partial charge in [0, 0.05) is 39.6 Å². The van der Waals surface area contributed by atoms with Crippen LogP contribution in [0.4, 0.5) is 10.5 Å². The van der Waals surface area contributed by atoms with E-state index >= 15 is 0 Å². The predicted octanol–water partition coefficient (Wildman–Crippen LogP) is 2.49. The molecular weight excluding hydrogens is 276 g/mol. The monoisotopic (exact) mass is 298 g/mol. The zero-order chi connectivity index (χ0) is 15.9. The lowest BCUT2D eigenvalue weighted by molar-refractivity contribution is 0.206. The molecule has 0 radical (unpaired) electrons. The van der Waals surface area contributed by atoms with Gasteiger partial charge >= 0.3 is 6.03 Å². The van der Waals surface area contributed by atoms with E-state index in [0.29, 0.717) is 13.1 Å². The molecule has 0 saturated heterocycles. The van der Waals surface area contributed by atoms with Gasteiger partial charge in [0.2, 0.25) is 0 Å². The van der Waals surface area contributed by atoms with E-state index in [4.69, 9.17) is 0 Å². The number of aromatic nitrogens is 1. The smallest absolute Gasteiger partial charge is 0.317 e. The number of carbonyl (C=O) groups is 1. The highest BCUT2D eigenvalue weighted by atomic mass is 16.2. The van der Waals surface area contributed by atoms with Gasteiger partial charge < -0.3 is 15.1 Å². The summed E-state index contributed by atoms with van der Waals surface area (Å²) in [5.74, 6) is 0. The molecule has 1 aromatic carbocycles. The summed E-state index contributed by atoms with van der Waals surface area (Å²) < 4.78 is 0. The van der Waals surface area contributed by atoms with Crippen LogP contribution in [0.1, 0.15) is 11.3 Å². The van der Waals surface area contributed by atoms with Crippen molar-refractivity contribution in [3.05, 3.63) is 59.9 Å². The molecule has 0 aliphatic heterocycles. The fourth-order valence-corrected chi connectivity index (χ4v) is 2.05. The van der Waals surface area contributed by atoms with Gasteiger partial charge in [0.25, 0.3) is 0 Å². The molecular formula is C17H22N4O. The number of hydrogen-bond acceptors (Lipinski definition) is 3. The largest absolute Gasteiger partial charge is 0.378 e. The second kappa shape index (κ2) is 7.45. The lowest BCUT2D eigenvalue weighted by atomic mass is 10.2. The maximum Gasteiger partial charge on any atom is 0.317 e. The number of amides is 2. The van der Waals surface area contributed by atoms with E-state index in [9.17, 15) is 4.79 Å². The van der Waals surface area contributed by atoms with E-state index in [0.717, 1.165) is 16.9 Å². The van der Waals surface area contributed by atoms with E-state index in [1.165, 1.54) is 0 Å². The Bertz CT molecular complexity index is 596. The summed E-state index contributed by atoms with van der Waals surface area (Å²) in [6, 6.07) is 13.7. The summed E-state index contributed by atoms with van der Waals surface area (Å²) in [6.45, 7) is 1.01. The summed E-state index contributed by atoms with van der Waals surface area (Å²) in [4.78, 5) is 20.0. The number of carbonyl (C=O) groups excluding carboxylic acids is 1. The maximum absolute atomic E-state index is 12.1. The summed E-state index contributed by atoms with van der Waals surface area (Å²) in [5.41, 5.74) is 3.09. The van der Waals surface area contributed by atoms with E-state index in [2.05, 4.69) is 22.4 Å². The van der Waals surface area contributed by atoms with Crippen molar-refractivity contribution in [2.24, 2.45) is 0 Å². The number of pyridine rings is 1. The summed E-state index contributed by atoms with van der Waals surface area (Å²) in [6.07, 6.45) is 1.72. The van der Waals surface area contributed by atoms with Crippen molar-refractivity contribution in [3.8, 4) is 0 Å². The van der Waals surface area contributed by atoms with Gasteiger partial charge in [-0.05, 0) is 29.8 Å². The average molecular weight is 298 g/mol. The molecule has 1 N–H and O–H groups in total. The van der Waals surface area contributed by atoms with Crippen molar-refractivity contribution in [1.82, 2.24) is 15.2 Å². The van der Waals surface area contributed by atoms with Crippen molar-refractivity contribution < 1.29 is 4.79 Å². The van der Waals surface area contributed by atoms with Gasteiger partial charge in [0.15, 0.2) is 0 Å². The molecule has 1 heterocycles. The molecule has 0 unspecified atom stereocenters. The first-order valence-corrected chi connectivity index (χ1v) is 7.21. The Morgan fingerprint density at radius 2 is 1.82 bits per heavy atom. The third-order valence-electron chi connectivity index (χ3n) is 3.37. The SMILES string of the molecule is CN(Cc1ccc(N(C)C)cc1)C(=O)NCc1ccccn1. The van der Waals surface area contributed by atoms with Gasteiger partial charge in [-0.15, -0.1) is 0 Å². The highest BCUT2D eigenvalue weighted by Gasteiger charge is 2.09. The van der Waals surface area contributed by atoms with Crippen LogP contribution in [0, 0.1) is 0 Å². The molecule has 0 atom stereocenters. The van der Waals surface area contributed by atoms with Crippen LogP contribution in [-0.4, -0.2) is 37.1 Å². The molecule has 0 saturated carbocycles. The predicted molar refractivity (Wildman–Crippen MR) is 88.7 cm³/mol. The molecule has 2 amide bonds. The maximum atomic E-state index is 12.1. The van der Waals surface area contributed by atoms with Crippen molar-refractivity contribution in [3.63, 3.8) is 0 Å². The number of nitrogens with zero attached hydrogens (tertiary/aromatic N) is 3. The summed E-state index contributed by atoms with van der Waals surface area (Å²) in [5, 5.41) is 2.86. The van der Waals surface area contributed by atoms with Gasteiger partial charge in [0.05, 0.1) is 12.2 Å². The summed E-state index contributed by atoms with van der Waals surface area (Å²) >= 11 is 0. The minimum absolute atomic E-state index is 0.109. The standard InChI is InChI=1S/C17H22N4O/c1-20(2)16-9-7-14(8-10-16)13-21(3)17(22)19-12-15-6-4-5-11-18-15/h4-11H,12-13H2,1-3H3,(H,19,22). The fourth-order valence-electron chi connectivity index (χ4n) is 2.05. The van der Waals surface area contributed by atoms with Crippen LogP contribution in [0.2, 0.25) is 0 Å². The van der Waals surface area contributed by atoms with Crippen LogP contribution < -0.4 is 10.2 Å². The van der Waals surface area contributed by atoms with Crippen LogP contribution in [0.3, 0.4) is 0 Å². The Kier molecular flexibility index (Phi) is 5.36. The van der Waals surface area contributed by atoms with E-state index in [-0.39, 0.29) is 6.03 Å². The van der Waals surface area contributed by atoms with Gasteiger partial charge in [-0.1, -0.05) is 18.2 Å². The lowest BCUT2D eigenvalue weighted by Gasteiger charge is -2.19. The van der Waals surface area contributed by atoms with Gasteiger partial charge in [-0.3, -0.25) is 4.98 Å². The van der Waals surface area contributed by atoms with E-state index in [1.54, 1.807) is 18.1 Å². The van der Waals surface area contributed by atoms with Crippen LogP contribution in [-0.2, 0) is 13.1 Å². The van der Waals surface area contributed by atoms with Crippen molar-refractivity contribution >= 4 is 11.7 Å². The number of urea groups is 1. The average Bonchev–Trinajstić information content (AvgIpc) is 2.54. The Morgan fingerprint density at radius 3 is 2.41 bits per heavy atom. The first kappa shape index (κ1) is 15.8. The molecule has 2 aromatic rings. The molecule has 0 fully saturated rings. The molecule has 1 aromatic heterocycles. The van der Waals surface area contributed by atoms with Crippen LogP contribution >= 0.6 is 0 Å².